The van der Waals surface area contributed by atoms with Crippen LogP contribution in [0.25, 0.3) is 0 Å². The first-order valence-electron chi connectivity index (χ1n) is 4.70. The minimum atomic E-state index is -0.527. The molecule has 0 spiro atoms. The molecule has 1 N–H and O–H groups in total. The third kappa shape index (κ3) is 3.06. The molecule has 0 aliphatic rings. The highest BCUT2D eigenvalue weighted by molar-refractivity contribution is 5.87. The molecule has 0 aliphatic heterocycles. The number of ether oxygens (including phenoxy) is 1. The van der Waals surface area contributed by atoms with Crippen molar-refractivity contribution in [2.45, 2.75) is 33.0 Å². The average Bonchev–Trinajstić information content (AvgIpc) is 2.43. The first-order valence-corrected chi connectivity index (χ1v) is 4.70. The van der Waals surface area contributed by atoms with Crippen molar-refractivity contribution in [3.8, 4) is 0 Å². The van der Waals surface area contributed by atoms with Crippen LogP contribution < -0.4 is 0 Å². The number of nitrogens with zero attached hydrogens (tertiary/aromatic N) is 2. The summed E-state index contributed by atoms with van der Waals surface area (Å²) in [5.74, 6) is -0.433. The quantitative estimate of drug-likeness (QED) is 0.739. The third-order valence-electron chi connectivity index (χ3n) is 1.70. The highest BCUT2D eigenvalue weighted by Crippen LogP contribution is 2.12. The molecule has 0 fully saturated rings. The summed E-state index contributed by atoms with van der Waals surface area (Å²) in [6, 6.07) is 1.52. The molecule has 1 heterocycles. The predicted molar refractivity (Wildman–Crippen MR) is 54.3 cm³/mol. The van der Waals surface area contributed by atoms with Gasteiger partial charge in [0.05, 0.1) is 12.3 Å². The minimum Gasteiger partial charge on any atom is -0.455 e. The Morgan fingerprint density at radius 3 is 2.60 bits per heavy atom. The fourth-order valence-corrected chi connectivity index (χ4v) is 1.13. The van der Waals surface area contributed by atoms with Gasteiger partial charge in [0.1, 0.15) is 11.3 Å². The molecule has 84 valence electrons. The van der Waals surface area contributed by atoms with Crippen LogP contribution in [0.3, 0.4) is 0 Å². The largest absolute Gasteiger partial charge is 0.455 e. The van der Waals surface area contributed by atoms with E-state index in [1.54, 1.807) is 27.8 Å². The molecule has 15 heavy (non-hydrogen) atoms. The second kappa shape index (κ2) is 4.02. The zero-order valence-electron chi connectivity index (χ0n) is 9.44. The van der Waals surface area contributed by atoms with Crippen LogP contribution in [0.2, 0.25) is 0 Å². The zero-order valence-corrected chi connectivity index (χ0v) is 9.44. The molecule has 1 aromatic rings. The molecule has 5 nitrogen and oxygen atoms in total. The van der Waals surface area contributed by atoms with Gasteiger partial charge in [0.2, 0.25) is 0 Å². The lowest BCUT2D eigenvalue weighted by atomic mass is 10.2. The molecular weight excluding hydrogens is 196 g/mol. The van der Waals surface area contributed by atoms with Crippen LogP contribution in [0.5, 0.6) is 0 Å². The van der Waals surface area contributed by atoms with Gasteiger partial charge in [0.25, 0.3) is 0 Å². The summed E-state index contributed by atoms with van der Waals surface area (Å²) in [5, 5.41) is 12.8. The number of aromatic nitrogens is 2. The average molecular weight is 212 g/mol. The lowest BCUT2D eigenvalue weighted by Crippen LogP contribution is -2.25. The first-order chi connectivity index (χ1) is 6.83. The second-order valence-corrected chi connectivity index (χ2v) is 4.30. The molecule has 0 saturated heterocycles. The van der Waals surface area contributed by atoms with Crippen LogP contribution in [0.4, 0.5) is 0 Å². The third-order valence-corrected chi connectivity index (χ3v) is 1.70. The van der Waals surface area contributed by atoms with E-state index in [0.29, 0.717) is 11.4 Å². The fraction of sp³-hybridized carbons (Fsp3) is 0.600. The van der Waals surface area contributed by atoms with Gasteiger partial charge in [0.15, 0.2) is 0 Å². The molecule has 0 amide bonds. The maximum Gasteiger partial charge on any atom is 0.357 e. The van der Waals surface area contributed by atoms with Crippen LogP contribution in [-0.2, 0) is 18.4 Å². The summed E-state index contributed by atoms with van der Waals surface area (Å²) in [6.45, 7) is 5.22. The highest BCUT2D eigenvalue weighted by Gasteiger charge is 2.21. The van der Waals surface area contributed by atoms with Crippen molar-refractivity contribution in [2.75, 3.05) is 0 Å². The van der Waals surface area contributed by atoms with Gasteiger partial charge in [-0.15, -0.1) is 0 Å². The first kappa shape index (κ1) is 11.7. The zero-order chi connectivity index (χ0) is 11.6. The van der Waals surface area contributed by atoms with Crippen molar-refractivity contribution in [2.24, 2.45) is 7.05 Å². The van der Waals surface area contributed by atoms with Crippen molar-refractivity contribution in [3.63, 3.8) is 0 Å². The van der Waals surface area contributed by atoms with Gasteiger partial charge in [-0.3, -0.25) is 4.68 Å². The molecule has 0 aliphatic carbocycles. The molecule has 0 saturated carbocycles. The Morgan fingerprint density at radius 2 is 2.20 bits per heavy atom. The Balaban J connectivity index is 2.87. The normalized spacial score (nSPS) is 11.5. The van der Waals surface area contributed by atoms with Gasteiger partial charge in [-0.2, -0.15) is 5.10 Å². The fourth-order valence-electron chi connectivity index (χ4n) is 1.13. The minimum absolute atomic E-state index is 0.184. The number of hydrogen-bond acceptors (Lipinski definition) is 4. The molecular formula is C10H16N2O3. The van der Waals surface area contributed by atoms with Crippen LogP contribution in [-0.4, -0.2) is 26.5 Å². The summed E-state index contributed by atoms with van der Waals surface area (Å²) < 4.78 is 6.58. The van der Waals surface area contributed by atoms with Gasteiger partial charge in [0, 0.05) is 7.05 Å². The Morgan fingerprint density at radius 1 is 1.60 bits per heavy atom. The summed E-state index contributed by atoms with van der Waals surface area (Å²) >= 11 is 0. The van der Waals surface area contributed by atoms with E-state index in [0.717, 1.165) is 0 Å². The molecule has 1 aromatic heterocycles. The Bertz CT molecular complexity index is 363. The smallest absolute Gasteiger partial charge is 0.357 e. The topological polar surface area (TPSA) is 64.3 Å². The summed E-state index contributed by atoms with van der Waals surface area (Å²) in [5.41, 5.74) is 0.271. The van der Waals surface area contributed by atoms with E-state index in [1.807, 2.05) is 0 Å². The van der Waals surface area contributed by atoms with E-state index in [2.05, 4.69) is 5.10 Å². The maximum absolute atomic E-state index is 11.6. The SMILES string of the molecule is Cn1nc(CO)cc1C(=O)OC(C)(C)C. The Labute approximate surface area is 88.7 Å². The van der Waals surface area contributed by atoms with Gasteiger partial charge in [-0.1, -0.05) is 0 Å². The van der Waals surface area contributed by atoms with Crippen molar-refractivity contribution in [3.05, 3.63) is 17.5 Å². The van der Waals surface area contributed by atoms with E-state index in [1.165, 1.54) is 10.7 Å². The van der Waals surface area contributed by atoms with Crippen molar-refractivity contribution < 1.29 is 14.6 Å². The lowest BCUT2D eigenvalue weighted by Gasteiger charge is -2.19. The monoisotopic (exact) mass is 212 g/mol. The summed E-state index contributed by atoms with van der Waals surface area (Å²) in [4.78, 5) is 11.6. The van der Waals surface area contributed by atoms with E-state index in [4.69, 9.17) is 9.84 Å². The number of aryl methyl sites for hydroxylation is 1. The second-order valence-electron chi connectivity index (χ2n) is 4.30. The van der Waals surface area contributed by atoms with Gasteiger partial charge in [-0.25, -0.2) is 4.79 Å². The Kier molecular flexibility index (Phi) is 3.14. The van der Waals surface area contributed by atoms with E-state index < -0.39 is 11.6 Å². The summed E-state index contributed by atoms with van der Waals surface area (Å²) in [6.07, 6.45) is 0. The molecule has 1 rings (SSSR count). The number of carbonyl (C=O) groups excluding carboxylic acids is 1. The van der Waals surface area contributed by atoms with E-state index in [-0.39, 0.29) is 6.61 Å². The van der Waals surface area contributed by atoms with Crippen molar-refractivity contribution in [1.29, 1.82) is 0 Å². The number of carbonyl (C=O) groups is 1. The molecule has 0 unspecified atom stereocenters. The van der Waals surface area contributed by atoms with Crippen molar-refractivity contribution >= 4 is 5.97 Å². The number of hydrogen-bond donors (Lipinski definition) is 1. The highest BCUT2D eigenvalue weighted by atomic mass is 16.6. The lowest BCUT2D eigenvalue weighted by molar-refractivity contribution is 0.00576. The van der Waals surface area contributed by atoms with Crippen LogP contribution >= 0.6 is 0 Å². The number of rotatable bonds is 2. The number of aliphatic hydroxyl groups is 1. The Hall–Kier alpha value is -1.36. The van der Waals surface area contributed by atoms with Crippen LogP contribution in [0.15, 0.2) is 6.07 Å². The maximum atomic E-state index is 11.6. The molecule has 0 bridgehead atoms. The predicted octanol–water partition coefficient (Wildman–Crippen LogP) is 0.868. The van der Waals surface area contributed by atoms with Crippen LogP contribution in [0, 0.1) is 0 Å². The molecule has 0 atom stereocenters. The summed E-state index contributed by atoms with van der Waals surface area (Å²) in [7, 11) is 1.64. The van der Waals surface area contributed by atoms with E-state index >= 15 is 0 Å². The number of aliphatic hydroxyl groups excluding tert-OH is 1. The van der Waals surface area contributed by atoms with Gasteiger partial charge in [-0.05, 0) is 26.8 Å². The molecule has 0 aromatic carbocycles. The standard InChI is InChI=1S/C10H16N2O3/c1-10(2,3)15-9(14)8-5-7(6-13)11-12(8)4/h5,13H,6H2,1-4H3. The van der Waals surface area contributed by atoms with Crippen molar-refractivity contribution in [1.82, 2.24) is 9.78 Å². The molecule has 5 heteroatoms. The number of esters is 1. The molecule has 0 radical (unpaired) electrons. The van der Waals surface area contributed by atoms with Gasteiger partial charge < -0.3 is 9.84 Å². The van der Waals surface area contributed by atoms with Crippen LogP contribution in [0.1, 0.15) is 37.0 Å². The van der Waals surface area contributed by atoms with Gasteiger partial charge >= 0.3 is 5.97 Å². The van der Waals surface area contributed by atoms with E-state index in [9.17, 15) is 4.79 Å².